The molecule has 0 heterocycles. The third-order valence-corrected chi connectivity index (χ3v) is 4.21. The first-order chi connectivity index (χ1) is 7.98. The van der Waals surface area contributed by atoms with E-state index in [0.717, 1.165) is 6.42 Å². The summed E-state index contributed by atoms with van der Waals surface area (Å²) < 4.78 is 36.6. The number of hydrogen-bond acceptors (Lipinski definition) is 3. The van der Waals surface area contributed by atoms with Crippen molar-refractivity contribution in [2.24, 2.45) is 5.73 Å². The van der Waals surface area contributed by atoms with Gasteiger partial charge in [0.2, 0.25) is 0 Å². The van der Waals surface area contributed by atoms with Crippen LogP contribution in [0.1, 0.15) is 30.9 Å². The molecule has 96 valence electrons. The van der Waals surface area contributed by atoms with Crippen molar-refractivity contribution in [3.8, 4) is 0 Å². The lowest BCUT2D eigenvalue weighted by Crippen LogP contribution is -2.10. The highest BCUT2D eigenvalue weighted by molar-refractivity contribution is 7.90. The van der Waals surface area contributed by atoms with Crippen LogP contribution in [0.15, 0.2) is 18.2 Å². The predicted octanol–water partition coefficient (Wildman–Crippen LogP) is 2.00. The summed E-state index contributed by atoms with van der Waals surface area (Å²) in [6, 6.07) is 4.30. The Hall–Kier alpha value is -0.940. The summed E-state index contributed by atoms with van der Waals surface area (Å²) in [4.78, 5) is 0. The molecular weight excluding hydrogens is 241 g/mol. The minimum atomic E-state index is -3.10. The molecule has 0 atom stereocenters. The van der Waals surface area contributed by atoms with E-state index in [1.807, 2.05) is 6.92 Å². The first kappa shape index (κ1) is 14.1. The smallest absolute Gasteiger partial charge is 0.154 e. The monoisotopic (exact) mass is 259 g/mol. The molecule has 1 rings (SSSR count). The molecule has 1 aromatic carbocycles. The van der Waals surface area contributed by atoms with Gasteiger partial charge in [0.1, 0.15) is 5.82 Å². The molecule has 0 aliphatic rings. The first-order valence-corrected chi connectivity index (χ1v) is 7.48. The molecule has 0 spiro atoms. The van der Waals surface area contributed by atoms with E-state index in [1.165, 1.54) is 18.2 Å². The molecule has 0 saturated carbocycles. The van der Waals surface area contributed by atoms with Crippen molar-refractivity contribution in [2.75, 3.05) is 5.75 Å². The largest absolute Gasteiger partial charge is 0.326 e. The highest BCUT2D eigenvalue weighted by atomic mass is 32.2. The van der Waals surface area contributed by atoms with Gasteiger partial charge >= 0.3 is 0 Å². The Morgan fingerprint density at radius 1 is 1.35 bits per heavy atom. The van der Waals surface area contributed by atoms with Crippen LogP contribution in [0.3, 0.4) is 0 Å². The van der Waals surface area contributed by atoms with Crippen LogP contribution >= 0.6 is 0 Å². The standard InChI is InChI=1S/C12H18FNO2S/c1-2-3-6-17(15,16)9-10-4-5-12(13)11(7-10)8-14/h4-5,7H,2-3,6,8-9,14H2,1H3. The maximum atomic E-state index is 13.2. The van der Waals surface area contributed by atoms with Gasteiger partial charge in [-0.05, 0) is 18.1 Å². The molecule has 0 fully saturated rings. The number of benzene rings is 1. The van der Waals surface area contributed by atoms with Crippen LogP contribution in [0.25, 0.3) is 0 Å². The van der Waals surface area contributed by atoms with Crippen molar-refractivity contribution in [3.63, 3.8) is 0 Å². The van der Waals surface area contributed by atoms with Gasteiger partial charge in [0.25, 0.3) is 0 Å². The highest BCUT2D eigenvalue weighted by Crippen LogP contribution is 2.13. The zero-order valence-electron chi connectivity index (χ0n) is 9.95. The molecular formula is C12H18FNO2S. The second kappa shape index (κ2) is 6.12. The molecule has 5 heteroatoms. The number of sulfone groups is 1. The van der Waals surface area contributed by atoms with Gasteiger partial charge in [0.05, 0.1) is 11.5 Å². The quantitative estimate of drug-likeness (QED) is 0.850. The number of halogens is 1. The van der Waals surface area contributed by atoms with Gasteiger partial charge in [0, 0.05) is 12.1 Å². The maximum absolute atomic E-state index is 13.2. The maximum Gasteiger partial charge on any atom is 0.154 e. The van der Waals surface area contributed by atoms with Crippen LogP contribution < -0.4 is 5.73 Å². The molecule has 0 saturated heterocycles. The number of rotatable bonds is 6. The lowest BCUT2D eigenvalue weighted by atomic mass is 10.1. The Morgan fingerprint density at radius 3 is 2.65 bits per heavy atom. The SMILES string of the molecule is CCCCS(=O)(=O)Cc1ccc(F)c(CN)c1. The van der Waals surface area contributed by atoms with Gasteiger partial charge in [-0.2, -0.15) is 0 Å². The Kier molecular flexibility index (Phi) is 5.08. The Bertz CT molecular complexity index is 471. The van der Waals surface area contributed by atoms with Crippen LogP contribution in [-0.2, 0) is 22.1 Å². The van der Waals surface area contributed by atoms with Gasteiger partial charge in [0.15, 0.2) is 9.84 Å². The van der Waals surface area contributed by atoms with Crippen molar-refractivity contribution >= 4 is 9.84 Å². The van der Waals surface area contributed by atoms with Crippen molar-refractivity contribution in [1.82, 2.24) is 0 Å². The average molecular weight is 259 g/mol. The lowest BCUT2D eigenvalue weighted by molar-refractivity contribution is 0.590. The molecule has 0 amide bonds. The first-order valence-electron chi connectivity index (χ1n) is 5.66. The summed E-state index contributed by atoms with van der Waals surface area (Å²) in [5, 5.41) is 0. The number of hydrogen-bond donors (Lipinski definition) is 1. The molecule has 0 radical (unpaired) electrons. The average Bonchev–Trinajstić information content (AvgIpc) is 2.29. The van der Waals surface area contributed by atoms with Gasteiger partial charge in [-0.1, -0.05) is 25.5 Å². The normalized spacial score (nSPS) is 11.7. The van der Waals surface area contributed by atoms with E-state index in [0.29, 0.717) is 17.5 Å². The molecule has 0 aliphatic heterocycles. The fraction of sp³-hybridized carbons (Fsp3) is 0.500. The molecule has 0 bridgehead atoms. The van der Waals surface area contributed by atoms with E-state index in [2.05, 4.69) is 0 Å². The van der Waals surface area contributed by atoms with E-state index in [4.69, 9.17) is 5.73 Å². The summed E-state index contributed by atoms with van der Waals surface area (Å²) in [5.41, 5.74) is 6.33. The van der Waals surface area contributed by atoms with Gasteiger partial charge in [-0.3, -0.25) is 0 Å². The van der Waals surface area contributed by atoms with E-state index in [9.17, 15) is 12.8 Å². The zero-order chi connectivity index (χ0) is 12.9. The topological polar surface area (TPSA) is 60.2 Å². The molecule has 0 unspecified atom stereocenters. The summed E-state index contributed by atoms with van der Waals surface area (Å²) in [6.45, 7) is 2.02. The van der Waals surface area contributed by atoms with Gasteiger partial charge < -0.3 is 5.73 Å². The van der Waals surface area contributed by atoms with Crippen LogP contribution in [-0.4, -0.2) is 14.2 Å². The van der Waals surface area contributed by atoms with E-state index in [1.54, 1.807) is 0 Å². The van der Waals surface area contributed by atoms with Crippen LogP contribution in [0, 0.1) is 5.82 Å². The third kappa shape index (κ3) is 4.44. The zero-order valence-corrected chi connectivity index (χ0v) is 10.8. The van der Waals surface area contributed by atoms with E-state index in [-0.39, 0.29) is 23.9 Å². The highest BCUT2D eigenvalue weighted by Gasteiger charge is 2.12. The molecule has 0 aromatic heterocycles. The second-order valence-corrected chi connectivity index (χ2v) is 6.26. The molecule has 2 N–H and O–H groups in total. The molecule has 3 nitrogen and oxygen atoms in total. The van der Waals surface area contributed by atoms with Crippen molar-refractivity contribution in [3.05, 3.63) is 35.1 Å². The van der Waals surface area contributed by atoms with Crippen molar-refractivity contribution < 1.29 is 12.8 Å². The van der Waals surface area contributed by atoms with Gasteiger partial charge in [-0.25, -0.2) is 12.8 Å². The molecule has 17 heavy (non-hydrogen) atoms. The minimum absolute atomic E-state index is 0.0414. The summed E-state index contributed by atoms with van der Waals surface area (Å²) in [6.07, 6.45) is 1.50. The number of nitrogens with two attached hydrogens (primary N) is 1. The fourth-order valence-corrected chi connectivity index (χ4v) is 3.12. The van der Waals surface area contributed by atoms with Crippen molar-refractivity contribution in [1.29, 1.82) is 0 Å². The molecule has 0 aliphatic carbocycles. The fourth-order valence-electron chi connectivity index (χ4n) is 1.56. The van der Waals surface area contributed by atoms with Crippen molar-refractivity contribution in [2.45, 2.75) is 32.1 Å². The Labute approximate surface area is 102 Å². The summed E-state index contributed by atoms with van der Waals surface area (Å²) in [5.74, 6) is -0.249. The number of unbranched alkanes of at least 4 members (excludes halogenated alkanes) is 1. The van der Waals surface area contributed by atoms with Crippen LogP contribution in [0.2, 0.25) is 0 Å². The summed E-state index contributed by atoms with van der Waals surface area (Å²) in [7, 11) is -3.10. The van der Waals surface area contributed by atoms with E-state index >= 15 is 0 Å². The van der Waals surface area contributed by atoms with Gasteiger partial charge in [-0.15, -0.1) is 0 Å². The minimum Gasteiger partial charge on any atom is -0.326 e. The second-order valence-electron chi connectivity index (χ2n) is 4.08. The Morgan fingerprint density at radius 2 is 2.06 bits per heavy atom. The lowest BCUT2D eigenvalue weighted by Gasteiger charge is -2.06. The summed E-state index contributed by atoms with van der Waals surface area (Å²) >= 11 is 0. The van der Waals surface area contributed by atoms with E-state index < -0.39 is 9.84 Å². The Balaban J connectivity index is 2.81. The van der Waals surface area contributed by atoms with Crippen LogP contribution in [0.5, 0.6) is 0 Å². The third-order valence-electron chi connectivity index (χ3n) is 2.53. The molecule has 1 aromatic rings. The van der Waals surface area contributed by atoms with Crippen LogP contribution in [0.4, 0.5) is 4.39 Å². The predicted molar refractivity (Wildman–Crippen MR) is 66.7 cm³/mol.